The lowest BCUT2D eigenvalue weighted by molar-refractivity contribution is 0.0824. The van der Waals surface area contributed by atoms with Gasteiger partial charge in [0.25, 0.3) is 5.91 Å². The Kier molecular flexibility index (Phi) is 5.24. The van der Waals surface area contributed by atoms with E-state index < -0.39 is 22.8 Å². The van der Waals surface area contributed by atoms with Crippen LogP contribution in [-0.4, -0.2) is 29.5 Å². The molecule has 1 amide bonds. The summed E-state index contributed by atoms with van der Waals surface area (Å²) in [5.41, 5.74) is 2.11. The average molecular weight is 426 g/mol. The van der Waals surface area contributed by atoms with Crippen LogP contribution in [0.15, 0.2) is 58.2 Å². The van der Waals surface area contributed by atoms with Gasteiger partial charge in [-0.05, 0) is 25.1 Å². The molecular formula is C23H20F2N2O2S. The molecule has 4 rings (SSSR count). The Bertz CT molecular complexity index is 1220. The topological polar surface area (TPSA) is 42.3 Å². The first-order valence-electron chi connectivity index (χ1n) is 9.46. The van der Waals surface area contributed by atoms with Crippen molar-refractivity contribution in [3.63, 3.8) is 0 Å². The fourth-order valence-electron chi connectivity index (χ4n) is 3.82. The number of para-hydroxylation sites is 1. The highest BCUT2D eigenvalue weighted by atomic mass is 32.2. The van der Waals surface area contributed by atoms with Crippen LogP contribution >= 0.6 is 11.8 Å². The van der Waals surface area contributed by atoms with E-state index in [1.807, 2.05) is 35.8 Å². The number of pyridine rings is 1. The van der Waals surface area contributed by atoms with Crippen LogP contribution in [-0.2, 0) is 6.42 Å². The Labute approximate surface area is 177 Å². The zero-order valence-corrected chi connectivity index (χ0v) is 17.6. The second kappa shape index (κ2) is 7.72. The molecule has 0 aliphatic carbocycles. The molecule has 0 bridgehead atoms. The van der Waals surface area contributed by atoms with Crippen molar-refractivity contribution in [1.29, 1.82) is 0 Å². The number of hydrogen-bond acceptors (Lipinski definition) is 3. The molecule has 0 saturated carbocycles. The van der Waals surface area contributed by atoms with Gasteiger partial charge in [0.05, 0.1) is 5.69 Å². The molecule has 1 atom stereocenters. The van der Waals surface area contributed by atoms with E-state index in [2.05, 4.69) is 0 Å². The summed E-state index contributed by atoms with van der Waals surface area (Å²) >= 11 is 1.44. The van der Waals surface area contributed by atoms with Crippen molar-refractivity contribution < 1.29 is 13.6 Å². The number of nitrogens with zero attached hydrogens (tertiary/aromatic N) is 2. The fourth-order valence-corrected chi connectivity index (χ4v) is 5.13. The summed E-state index contributed by atoms with van der Waals surface area (Å²) in [7, 11) is 3.18. The summed E-state index contributed by atoms with van der Waals surface area (Å²) < 4.78 is 30.1. The van der Waals surface area contributed by atoms with E-state index in [0.717, 1.165) is 16.6 Å². The number of thioether (sulfide) groups is 1. The van der Waals surface area contributed by atoms with E-state index in [9.17, 15) is 18.4 Å². The molecule has 1 aliphatic rings. The summed E-state index contributed by atoms with van der Waals surface area (Å²) in [4.78, 5) is 28.0. The highest BCUT2D eigenvalue weighted by molar-refractivity contribution is 7.99. The highest BCUT2D eigenvalue weighted by Gasteiger charge is 2.30. The van der Waals surface area contributed by atoms with Crippen LogP contribution in [0.2, 0.25) is 0 Å². The number of carbonyl (C=O) groups excluding carboxylic acids is 1. The lowest BCUT2D eigenvalue weighted by Crippen LogP contribution is -2.32. The smallest absolute Gasteiger partial charge is 0.259 e. The van der Waals surface area contributed by atoms with Crippen LogP contribution < -0.4 is 5.43 Å². The van der Waals surface area contributed by atoms with Crippen LogP contribution in [0.5, 0.6) is 0 Å². The van der Waals surface area contributed by atoms with E-state index in [0.29, 0.717) is 17.0 Å². The van der Waals surface area contributed by atoms with Crippen LogP contribution in [0.1, 0.15) is 32.6 Å². The number of fused-ring (bicyclic) bond motifs is 3. The first kappa shape index (κ1) is 20.3. The van der Waals surface area contributed by atoms with Crippen molar-refractivity contribution in [2.45, 2.75) is 23.5 Å². The molecule has 0 radical (unpaired) electrons. The Morgan fingerprint density at radius 2 is 1.87 bits per heavy atom. The molecule has 2 heterocycles. The molecule has 0 N–H and O–H groups in total. The number of amides is 1. The lowest BCUT2D eigenvalue weighted by atomic mass is 10.0. The van der Waals surface area contributed by atoms with Gasteiger partial charge < -0.3 is 9.47 Å². The summed E-state index contributed by atoms with van der Waals surface area (Å²) in [5, 5.41) is -0.435. The van der Waals surface area contributed by atoms with Crippen molar-refractivity contribution in [3.8, 4) is 5.69 Å². The van der Waals surface area contributed by atoms with Crippen LogP contribution in [0.25, 0.3) is 5.69 Å². The standard InChI is InChI=1S/C23H20F2N2O2S/c1-13-10-19(28)22(23(29)26(2)3)18-12-21(15-9-8-14(24)11-16(15)25)30-20-7-5-4-6-17(20)27(13)18/h4-11,21H,12H2,1-3H3. The molecular weight excluding hydrogens is 406 g/mol. The number of hydrogen-bond donors (Lipinski definition) is 0. The third-order valence-corrected chi connectivity index (χ3v) is 6.49. The first-order valence-corrected chi connectivity index (χ1v) is 10.3. The lowest BCUT2D eigenvalue weighted by Gasteiger charge is -2.21. The Hall–Kier alpha value is -2.93. The maximum atomic E-state index is 14.7. The van der Waals surface area contributed by atoms with E-state index in [-0.39, 0.29) is 17.4 Å². The third-order valence-electron chi connectivity index (χ3n) is 5.18. The molecule has 154 valence electrons. The summed E-state index contributed by atoms with van der Waals surface area (Å²) in [6.07, 6.45) is 0.244. The van der Waals surface area contributed by atoms with Gasteiger partial charge in [0.1, 0.15) is 17.2 Å². The van der Waals surface area contributed by atoms with Gasteiger partial charge in [-0.15, -0.1) is 11.8 Å². The molecule has 0 spiro atoms. The van der Waals surface area contributed by atoms with Crippen molar-refractivity contribution in [2.24, 2.45) is 0 Å². The van der Waals surface area contributed by atoms with Gasteiger partial charge in [-0.2, -0.15) is 0 Å². The quantitative estimate of drug-likeness (QED) is 0.605. The van der Waals surface area contributed by atoms with Crippen LogP contribution in [0.3, 0.4) is 0 Å². The first-order chi connectivity index (χ1) is 14.3. The Morgan fingerprint density at radius 1 is 1.13 bits per heavy atom. The zero-order valence-electron chi connectivity index (χ0n) is 16.8. The maximum absolute atomic E-state index is 14.7. The third kappa shape index (κ3) is 3.43. The van der Waals surface area contributed by atoms with Gasteiger partial charge in [-0.3, -0.25) is 9.59 Å². The molecule has 1 unspecified atom stereocenters. The van der Waals surface area contributed by atoms with Gasteiger partial charge in [-0.1, -0.05) is 18.2 Å². The SMILES string of the molecule is Cc1cc(=O)c(C(=O)N(C)C)c2n1-c1ccccc1SC(c1ccc(F)cc1F)C2. The number of carbonyl (C=O) groups is 1. The van der Waals surface area contributed by atoms with Gasteiger partial charge in [0.15, 0.2) is 5.43 Å². The average Bonchev–Trinajstić information content (AvgIpc) is 2.84. The van der Waals surface area contributed by atoms with Gasteiger partial charge >= 0.3 is 0 Å². The second-order valence-electron chi connectivity index (χ2n) is 7.45. The fraction of sp³-hybridized carbons (Fsp3) is 0.217. The molecule has 2 aromatic carbocycles. The van der Waals surface area contributed by atoms with E-state index in [4.69, 9.17) is 0 Å². The molecule has 3 aromatic rings. The maximum Gasteiger partial charge on any atom is 0.259 e. The minimum Gasteiger partial charge on any atom is -0.345 e. The van der Waals surface area contributed by atoms with Crippen molar-refractivity contribution in [3.05, 3.63) is 92.9 Å². The minimum atomic E-state index is -0.647. The number of benzene rings is 2. The van der Waals surface area contributed by atoms with Gasteiger partial charge in [0.2, 0.25) is 0 Å². The largest absolute Gasteiger partial charge is 0.345 e. The molecule has 0 saturated heterocycles. The van der Waals surface area contributed by atoms with Crippen LogP contribution in [0.4, 0.5) is 8.78 Å². The highest BCUT2D eigenvalue weighted by Crippen LogP contribution is 2.45. The summed E-state index contributed by atoms with van der Waals surface area (Å²) in [6, 6.07) is 12.6. The molecule has 4 nitrogen and oxygen atoms in total. The predicted octanol–water partition coefficient (Wildman–Crippen LogP) is 4.52. The number of aryl methyl sites for hydroxylation is 1. The molecule has 30 heavy (non-hydrogen) atoms. The zero-order chi connectivity index (χ0) is 21.6. The Balaban J connectivity index is 2.02. The summed E-state index contributed by atoms with van der Waals surface area (Å²) in [6.45, 7) is 1.81. The number of halogens is 2. The number of aromatic nitrogens is 1. The molecule has 0 fully saturated rings. The normalized spacial score (nSPS) is 15.2. The van der Waals surface area contributed by atoms with E-state index in [1.54, 1.807) is 14.1 Å². The van der Waals surface area contributed by atoms with Gasteiger partial charge in [0, 0.05) is 59.7 Å². The van der Waals surface area contributed by atoms with Crippen LogP contribution in [0, 0.1) is 18.6 Å². The van der Waals surface area contributed by atoms with Crippen molar-refractivity contribution >= 4 is 17.7 Å². The van der Waals surface area contributed by atoms with Gasteiger partial charge in [-0.25, -0.2) is 8.78 Å². The monoisotopic (exact) mass is 426 g/mol. The van der Waals surface area contributed by atoms with Crippen molar-refractivity contribution in [2.75, 3.05) is 14.1 Å². The van der Waals surface area contributed by atoms with E-state index >= 15 is 0 Å². The number of rotatable bonds is 2. The second-order valence-corrected chi connectivity index (χ2v) is 8.70. The van der Waals surface area contributed by atoms with Crippen molar-refractivity contribution in [1.82, 2.24) is 9.47 Å². The molecule has 7 heteroatoms. The summed E-state index contributed by atoms with van der Waals surface area (Å²) in [5.74, 6) is -1.69. The van der Waals surface area contributed by atoms with E-state index in [1.165, 1.54) is 34.9 Å². The Morgan fingerprint density at radius 3 is 2.57 bits per heavy atom. The predicted molar refractivity (Wildman–Crippen MR) is 113 cm³/mol. The molecule has 1 aromatic heterocycles. The molecule has 1 aliphatic heterocycles. The minimum absolute atomic E-state index is 0.0791.